The average molecular weight is 542 g/mol. The zero-order valence-electron chi connectivity index (χ0n) is 19.2. The highest BCUT2D eigenvalue weighted by molar-refractivity contribution is 8.00. The molecule has 2 aliphatic heterocycles. The van der Waals surface area contributed by atoms with Gasteiger partial charge >= 0.3 is 10.8 Å². The Bertz CT molecular complexity index is 1500. The summed E-state index contributed by atoms with van der Waals surface area (Å²) in [7, 11) is 0. The molecule has 11 nitrogen and oxygen atoms in total. The molecule has 0 spiro atoms. The molecular weight excluding hydrogens is 522 g/mol. The summed E-state index contributed by atoms with van der Waals surface area (Å²) in [6, 6.07) is 11.6. The van der Waals surface area contributed by atoms with Crippen LogP contribution < -0.4 is 9.61 Å². The van der Waals surface area contributed by atoms with Crippen molar-refractivity contribution < 1.29 is 29.2 Å². The number of nitrogens with zero attached hydrogens (tertiary/aromatic N) is 2. The number of aliphatic carboxylic acids is 1. The number of carboxylic acid groups (broad SMARTS) is 1. The number of nitro benzene ring substituents is 1. The predicted molar refractivity (Wildman–Crippen MR) is 133 cm³/mol. The summed E-state index contributed by atoms with van der Waals surface area (Å²) >= 11 is 1.84. The number of aromatic nitrogens is 1. The molecular formula is C24H19N3O8S2. The summed E-state index contributed by atoms with van der Waals surface area (Å²) in [5.41, 5.74) is 1.93. The Kier molecular flexibility index (Phi) is 6.33. The van der Waals surface area contributed by atoms with Crippen LogP contribution in [0.25, 0.3) is 0 Å². The summed E-state index contributed by atoms with van der Waals surface area (Å²) in [5.74, 6) is -4.49. The molecule has 1 fully saturated rings. The minimum absolute atomic E-state index is 0.134. The zero-order valence-corrected chi connectivity index (χ0v) is 20.8. The summed E-state index contributed by atoms with van der Waals surface area (Å²) in [5, 5.41) is 20.2. The molecule has 1 aromatic heterocycles. The number of H-pyrrole nitrogens is 1. The lowest BCUT2D eigenvalue weighted by molar-refractivity contribution is -0.385. The fourth-order valence-electron chi connectivity index (χ4n) is 4.57. The number of carbonyl (C=O) groups excluding carboxylic acids is 2. The summed E-state index contributed by atoms with van der Waals surface area (Å²) in [6.45, 7) is 1.28. The van der Waals surface area contributed by atoms with E-state index in [-0.39, 0.29) is 23.6 Å². The molecule has 3 aromatic rings. The number of rotatable bonds is 7. The van der Waals surface area contributed by atoms with Gasteiger partial charge < -0.3 is 14.8 Å². The number of hydrogen-bond donors (Lipinski definition) is 2. The van der Waals surface area contributed by atoms with Gasteiger partial charge in [0.1, 0.15) is 24.2 Å². The Morgan fingerprint density at radius 3 is 2.57 bits per heavy atom. The fraction of sp³-hybridized carbons (Fsp3) is 0.250. The van der Waals surface area contributed by atoms with Crippen LogP contribution >= 0.6 is 23.1 Å². The number of amides is 2. The number of benzene rings is 2. The van der Waals surface area contributed by atoms with Crippen LogP contribution in [0.4, 0.5) is 5.69 Å². The van der Waals surface area contributed by atoms with Gasteiger partial charge in [-0.25, -0.2) is 0 Å². The van der Waals surface area contributed by atoms with E-state index in [9.17, 15) is 34.4 Å². The number of nitrogens with one attached hydrogen (secondary N) is 1. The van der Waals surface area contributed by atoms with Gasteiger partial charge in [-0.1, -0.05) is 52.9 Å². The molecule has 0 saturated carbocycles. The number of aryl methyl sites for hydroxylation is 1. The smallest absolute Gasteiger partial charge is 0.323 e. The number of carboxylic acids is 1. The highest BCUT2D eigenvalue weighted by atomic mass is 32.2. The van der Waals surface area contributed by atoms with E-state index in [1.807, 2.05) is 31.2 Å². The van der Waals surface area contributed by atoms with Crippen LogP contribution in [0, 0.1) is 23.0 Å². The first-order chi connectivity index (χ1) is 17.6. The second-order valence-electron chi connectivity index (χ2n) is 8.66. The molecule has 0 radical (unpaired) electrons. The SMILES string of the molecule is Cc1ccc(COc2ccc([N+](=O)[O-])cc2[C@H]2c3sc(=O)[nH]c3SC3C(=O)N(CC(=O)O)C(=O)C32)cc1. The maximum absolute atomic E-state index is 13.4. The molecule has 5 rings (SSSR count). The Labute approximate surface area is 217 Å². The highest BCUT2D eigenvalue weighted by Crippen LogP contribution is 2.54. The summed E-state index contributed by atoms with van der Waals surface area (Å²) in [6.07, 6.45) is 0. The van der Waals surface area contributed by atoms with E-state index in [2.05, 4.69) is 4.98 Å². The maximum Gasteiger partial charge on any atom is 0.323 e. The van der Waals surface area contributed by atoms with Crippen molar-refractivity contribution in [3.05, 3.63) is 83.8 Å². The molecule has 37 heavy (non-hydrogen) atoms. The van der Waals surface area contributed by atoms with Gasteiger partial charge in [-0.15, -0.1) is 0 Å². The number of nitro groups is 1. The molecule has 2 amide bonds. The standard InChI is InChI=1S/C24H19N3O8S2/c1-11-2-4-12(5-3-11)10-35-15-7-6-13(27(33)34)8-14(15)17-18-20(36-21-19(17)37-24(32)25-21)23(31)26(22(18)30)9-16(28)29/h2-8,17-18,20H,9-10H2,1H3,(H,25,32)(H,28,29)/t17-,18?,20?/m1/s1. The maximum atomic E-state index is 13.4. The first-order valence-corrected chi connectivity index (χ1v) is 12.8. The van der Waals surface area contributed by atoms with Gasteiger partial charge in [0.25, 0.3) is 5.69 Å². The van der Waals surface area contributed by atoms with Crippen LogP contribution in [-0.2, 0) is 21.0 Å². The van der Waals surface area contributed by atoms with Gasteiger partial charge in [0.15, 0.2) is 0 Å². The van der Waals surface area contributed by atoms with Crippen molar-refractivity contribution >= 4 is 46.6 Å². The monoisotopic (exact) mass is 541 g/mol. The van der Waals surface area contributed by atoms with Crippen molar-refractivity contribution in [1.29, 1.82) is 0 Å². The molecule has 2 N–H and O–H groups in total. The van der Waals surface area contributed by atoms with Crippen molar-refractivity contribution in [2.24, 2.45) is 5.92 Å². The number of imide groups is 1. The van der Waals surface area contributed by atoms with Gasteiger partial charge in [-0.3, -0.25) is 34.2 Å². The van der Waals surface area contributed by atoms with Crippen molar-refractivity contribution in [2.45, 2.75) is 29.7 Å². The zero-order chi connectivity index (χ0) is 26.4. The lowest BCUT2D eigenvalue weighted by atomic mass is 9.82. The Morgan fingerprint density at radius 1 is 1.16 bits per heavy atom. The largest absolute Gasteiger partial charge is 0.489 e. The topological polar surface area (TPSA) is 160 Å². The second kappa shape index (κ2) is 9.48. The third-order valence-corrected chi connectivity index (χ3v) is 8.66. The summed E-state index contributed by atoms with van der Waals surface area (Å²) in [4.78, 5) is 64.5. The third-order valence-electron chi connectivity index (χ3n) is 6.26. The van der Waals surface area contributed by atoms with Gasteiger partial charge in [0.05, 0.1) is 15.9 Å². The average Bonchev–Trinajstić information content (AvgIpc) is 3.34. The fourth-order valence-corrected chi connectivity index (χ4v) is 7.10. The van der Waals surface area contributed by atoms with E-state index >= 15 is 0 Å². The summed E-state index contributed by atoms with van der Waals surface area (Å²) < 4.78 is 6.06. The first-order valence-electron chi connectivity index (χ1n) is 11.1. The molecule has 3 heterocycles. The van der Waals surface area contributed by atoms with Crippen LogP contribution in [0.15, 0.2) is 52.3 Å². The molecule has 0 aliphatic carbocycles. The number of thioether (sulfide) groups is 1. The number of thiazole rings is 1. The molecule has 2 unspecified atom stereocenters. The number of carbonyl (C=O) groups is 3. The first kappa shape index (κ1) is 24.7. The third kappa shape index (κ3) is 4.51. The van der Waals surface area contributed by atoms with E-state index in [1.165, 1.54) is 18.2 Å². The quantitative estimate of drug-likeness (QED) is 0.260. The Morgan fingerprint density at radius 2 is 1.89 bits per heavy atom. The van der Waals surface area contributed by atoms with Crippen LogP contribution in [-0.4, -0.2) is 49.5 Å². The van der Waals surface area contributed by atoms with E-state index in [0.29, 0.717) is 14.8 Å². The van der Waals surface area contributed by atoms with Crippen molar-refractivity contribution in [3.8, 4) is 5.75 Å². The van der Waals surface area contributed by atoms with Gasteiger partial charge in [-0.2, -0.15) is 0 Å². The molecule has 2 aliphatic rings. The van der Waals surface area contributed by atoms with Crippen LogP contribution in [0.5, 0.6) is 5.75 Å². The highest BCUT2D eigenvalue weighted by Gasteiger charge is 2.56. The lowest BCUT2D eigenvalue weighted by Gasteiger charge is -2.30. The van der Waals surface area contributed by atoms with E-state index < -0.39 is 51.2 Å². The van der Waals surface area contributed by atoms with Crippen molar-refractivity contribution in [2.75, 3.05) is 6.54 Å². The molecule has 1 saturated heterocycles. The van der Waals surface area contributed by atoms with E-state index in [1.54, 1.807) is 0 Å². The Hall–Kier alpha value is -3.97. The van der Waals surface area contributed by atoms with Crippen molar-refractivity contribution in [3.63, 3.8) is 0 Å². The predicted octanol–water partition coefficient (Wildman–Crippen LogP) is 2.91. The number of fused-ring (bicyclic) bond motifs is 2. The molecule has 0 bridgehead atoms. The van der Waals surface area contributed by atoms with E-state index in [0.717, 1.165) is 34.2 Å². The number of ether oxygens (including phenoxy) is 1. The minimum atomic E-state index is -1.34. The number of aromatic amines is 1. The molecule has 3 atom stereocenters. The molecule has 2 aromatic carbocycles. The van der Waals surface area contributed by atoms with Gasteiger partial charge in [-0.05, 0) is 18.6 Å². The minimum Gasteiger partial charge on any atom is -0.489 e. The number of non-ortho nitro benzene ring substituents is 1. The normalized spacial score (nSPS) is 20.5. The van der Waals surface area contributed by atoms with Crippen LogP contribution in [0.2, 0.25) is 0 Å². The molecule has 190 valence electrons. The second-order valence-corrected chi connectivity index (χ2v) is 10.8. The van der Waals surface area contributed by atoms with Crippen molar-refractivity contribution in [1.82, 2.24) is 9.88 Å². The van der Waals surface area contributed by atoms with Gasteiger partial charge in [0.2, 0.25) is 11.8 Å². The lowest BCUT2D eigenvalue weighted by Crippen LogP contribution is -2.36. The van der Waals surface area contributed by atoms with Gasteiger partial charge in [0, 0.05) is 28.5 Å². The number of hydrogen-bond acceptors (Lipinski definition) is 9. The number of likely N-dealkylation sites (tertiary alicyclic amines) is 1. The Balaban J connectivity index is 1.63. The van der Waals surface area contributed by atoms with E-state index in [4.69, 9.17) is 4.74 Å². The molecule has 13 heteroatoms. The van der Waals surface area contributed by atoms with Crippen LogP contribution in [0.3, 0.4) is 0 Å². The van der Waals surface area contributed by atoms with Crippen LogP contribution in [0.1, 0.15) is 27.5 Å².